The van der Waals surface area contributed by atoms with E-state index in [1.54, 1.807) is 0 Å². The monoisotopic (exact) mass is 257 g/mol. The maximum Gasteiger partial charge on any atom is 0.226 e. The van der Waals surface area contributed by atoms with Crippen LogP contribution >= 0.6 is 0 Å². The van der Waals surface area contributed by atoms with Crippen molar-refractivity contribution in [3.05, 3.63) is 23.7 Å². The van der Waals surface area contributed by atoms with Crippen LogP contribution in [0.5, 0.6) is 0 Å². The molecule has 2 aromatic heterocycles. The number of aromatic nitrogens is 3. The summed E-state index contributed by atoms with van der Waals surface area (Å²) in [6, 6.07) is 2.05. The Labute approximate surface area is 113 Å². The highest BCUT2D eigenvalue weighted by Crippen LogP contribution is 2.19. The van der Waals surface area contributed by atoms with Crippen LogP contribution < -0.4 is 4.90 Å². The topological polar surface area (TPSA) is 45.2 Å². The standard InChI is InChI=1S/C14H19N5/c1-10-8-12-11(2)16-14(17-13(12)9-15-10)19-6-4-18(3)5-7-19/h8-9H,4-7H2,1-3H3. The van der Waals surface area contributed by atoms with Gasteiger partial charge in [0.2, 0.25) is 5.95 Å². The lowest BCUT2D eigenvalue weighted by molar-refractivity contribution is 0.311. The first kappa shape index (κ1) is 12.3. The van der Waals surface area contributed by atoms with Crippen molar-refractivity contribution in [3.63, 3.8) is 0 Å². The van der Waals surface area contributed by atoms with Crippen molar-refractivity contribution in [2.45, 2.75) is 13.8 Å². The maximum absolute atomic E-state index is 4.66. The summed E-state index contributed by atoms with van der Waals surface area (Å²) in [6.07, 6.45) is 1.85. The molecule has 0 bridgehead atoms. The highest BCUT2D eigenvalue weighted by atomic mass is 15.3. The average molecular weight is 257 g/mol. The Bertz CT molecular complexity index is 602. The molecule has 0 atom stereocenters. The van der Waals surface area contributed by atoms with Gasteiger partial charge >= 0.3 is 0 Å². The van der Waals surface area contributed by atoms with E-state index in [-0.39, 0.29) is 0 Å². The van der Waals surface area contributed by atoms with Crippen molar-refractivity contribution >= 4 is 16.9 Å². The van der Waals surface area contributed by atoms with E-state index in [1.807, 2.05) is 20.0 Å². The normalized spacial score (nSPS) is 17.1. The Hall–Kier alpha value is -1.75. The van der Waals surface area contributed by atoms with Crippen molar-refractivity contribution in [1.82, 2.24) is 19.9 Å². The van der Waals surface area contributed by atoms with Gasteiger partial charge in [0, 0.05) is 37.3 Å². The van der Waals surface area contributed by atoms with Gasteiger partial charge in [0.15, 0.2) is 0 Å². The van der Waals surface area contributed by atoms with Crippen molar-refractivity contribution in [3.8, 4) is 0 Å². The summed E-state index contributed by atoms with van der Waals surface area (Å²) in [6.45, 7) is 8.14. The molecular formula is C14H19N5. The van der Waals surface area contributed by atoms with Crippen LogP contribution in [0.4, 0.5) is 5.95 Å². The molecule has 0 N–H and O–H groups in total. The summed E-state index contributed by atoms with van der Waals surface area (Å²) < 4.78 is 0. The first-order valence-electron chi connectivity index (χ1n) is 6.68. The molecular weight excluding hydrogens is 238 g/mol. The van der Waals surface area contributed by atoms with Gasteiger partial charge in [-0.05, 0) is 27.0 Å². The number of hydrogen-bond acceptors (Lipinski definition) is 5. The van der Waals surface area contributed by atoms with Gasteiger partial charge in [0.1, 0.15) is 0 Å². The van der Waals surface area contributed by atoms with Crippen molar-refractivity contribution < 1.29 is 0 Å². The van der Waals surface area contributed by atoms with Crippen LogP contribution in [-0.4, -0.2) is 53.1 Å². The minimum atomic E-state index is 0.837. The number of anilines is 1. The summed E-state index contributed by atoms with van der Waals surface area (Å²) in [5.41, 5.74) is 2.98. The number of piperazine rings is 1. The number of fused-ring (bicyclic) bond motifs is 1. The fourth-order valence-corrected chi connectivity index (χ4v) is 2.42. The second-order valence-electron chi connectivity index (χ2n) is 5.24. The van der Waals surface area contributed by atoms with Gasteiger partial charge in [-0.15, -0.1) is 0 Å². The molecule has 5 nitrogen and oxygen atoms in total. The Kier molecular flexibility index (Phi) is 3.06. The molecule has 1 aliphatic heterocycles. The van der Waals surface area contributed by atoms with E-state index < -0.39 is 0 Å². The lowest BCUT2D eigenvalue weighted by Gasteiger charge is -2.32. The van der Waals surface area contributed by atoms with Crippen molar-refractivity contribution in [2.75, 3.05) is 38.1 Å². The highest BCUT2D eigenvalue weighted by Gasteiger charge is 2.17. The van der Waals surface area contributed by atoms with Crippen LogP contribution in [0.3, 0.4) is 0 Å². The second kappa shape index (κ2) is 4.74. The average Bonchev–Trinajstić information content (AvgIpc) is 2.40. The molecule has 1 fully saturated rings. The van der Waals surface area contributed by atoms with E-state index >= 15 is 0 Å². The molecule has 3 heterocycles. The van der Waals surface area contributed by atoms with Gasteiger partial charge < -0.3 is 9.80 Å². The molecule has 100 valence electrons. The summed E-state index contributed by atoms with van der Waals surface area (Å²) in [7, 11) is 2.15. The number of nitrogens with zero attached hydrogens (tertiary/aromatic N) is 5. The highest BCUT2D eigenvalue weighted by molar-refractivity contribution is 5.81. The second-order valence-corrected chi connectivity index (χ2v) is 5.24. The molecule has 5 heteroatoms. The largest absolute Gasteiger partial charge is 0.338 e. The molecule has 19 heavy (non-hydrogen) atoms. The summed E-state index contributed by atoms with van der Waals surface area (Å²) in [4.78, 5) is 18.2. The molecule has 0 aliphatic carbocycles. The zero-order valence-corrected chi connectivity index (χ0v) is 11.7. The molecule has 3 rings (SSSR count). The Morgan fingerprint density at radius 2 is 1.79 bits per heavy atom. The number of rotatable bonds is 1. The van der Waals surface area contributed by atoms with Gasteiger partial charge in [-0.25, -0.2) is 9.97 Å². The van der Waals surface area contributed by atoms with Gasteiger partial charge in [-0.2, -0.15) is 0 Å². The molecule has 0 radical (unpaired) electrons. The van der Waals surface area contributed by atoms with E-state index in [0.29, 0.717) is 0 Å². The number of hydrogen-bond donors (Lipinski definition) is 0. The van der Waals surface area contributed by atoms with Gasteiger partial charge in [-0.1, -0.05) is 0 Å². The smallest absolute Gasteiger partial charge is 0.226 e. The van der Waals surface area contributed by atoms with Crippen LogP contribution in [0, 0.1) is 13.8 Å². The number of pyridine rings is 1. The summed E-state index contributed by atoms with van der Waals surface area (Å²) in [5, 5.41) is 1.10. The van der Waals surface area contributed by atoms with E-state index in [0.717, 1.165) is 54.4 Å². The fourth-order valence-electron chi connectivity index (χ4n) is 2.42. The van der Waals surface area contributed by atoms with Crippen LogP contribution in [0.2, 0.25) is 0 Å². The lowest BCUT2D eigenvalue weighted by atomic mass is 10.2. The molecule has 0 saturated carbocycles. The van der Waals surface area contributed by atoms with Crippen LogP contribution in [0.15, 0.2) is 12.3 Å². The Balaban J connectivity index is 1.99. The molecule has 1 aliphatic rings. The van der Waals surface area contributed by atoms with Gasteiger partial charge in [-0.3, -0.25) is 4.98 Å². The van der Waals surface area contributed by atoms with Crippen LogP contribution in [-0.2, 0) is 0 Å². The third kappa shape index (κ3) is 2.38. The quantitative estimate of drug-likeness (QED) is 0.772. The van der Waals surface area contributed by atoms with Gasteiger partial charge in [0.25, 0.3) is 0 Å². The first-order chi connectivity index (χ1) is 9.13. The van der Waals surface area contributed by atoms with Crippen molar-refractivity contribution in [2.24, 2.45) is 0 Å². The maximum atomic E-state index is 4.66. The zero-order chi connectivity index (χ0) is 13.4. The Morgan fingerprint density at radius 1 is 1.05 bits per heavy atom. The summed E-state index contributed by atoms with van der Waals surface area (Å²) in [5.74, 6) is 0.837. The molecule has 0 unspecified atom stereocenters. The zero-order valence-electron chi connectivity index (χ0n) is 11.7. The minimum absolute atomic E-state index is 0.837. The summed E-state index contributed by atoms with van der Waals surface area (Å²) >= 11 is 0. The first-order valence-corrected chi connectivity index (χ1v) is 6.68. The number of aryl methyl sites for hydroxylation is 2. The number of likely N-dealkylation sites (N-methyl/N-ethyl adjacent to an activating group) is 1. The molecule has 2 aromatic rings. The van der Waals surface area contributed by atoms with E-state index in [9.17, 15) is 0 Å². The minimum Gasteiger partial charge on any atom is -0.338 e. The third-order valence-electron chi connectivity index (χ3n) is 3.68. The fraction of sp³-hybridized carbons (Fsp3) is 0.500. The van der Waals surface area contributed by atoms with Crippen molar-refractivity contribution in [1.29, 1.82) is 0 Å². The molecule has 1 saturated heterocycles. The molecule has 0 spiro atoms. The van der Waals surface area contributed by atoms with E-state index in [2.05, 4.69) is 37.9 Å². The van der Waals surface area contributed by atoms with Gasteiger partial charge in [0.05, 0.1) is 17.4 Å². The SMILES string of the molecule is Cc1cc2c(C)nc(N3CCN(C)CC3)nc2cn1. The Morgan fingerprint density at radius 3 is 2.53 bits per heavy atom. The van der Waals surface area contributed by atoms with Crippen LogP contribution in [0.25, 0.3) is 10.9 Å². The predicted octanol–water partition coefficient (Wildman–Crippen LogP) is 1.39. The lowest BCUT2D eigenvalue weighted by Crippen LogP contribution is -2.45. The van der Waals surface area contributed by atoms with E-state index in [1.165, 1.54) is 0 Å². The van der Waals surface area contributed by atoms with E-state index in [4.69, 9.17) is 0 Å². The third-order valence-corrected chi connectivity index (χ3v) is 3.68. The predicted molar refractivity (Wildman–Crippen MR) is 76.5 cm³/mol. The molecule has 0 aromatic carbocycles. The molecule has 0 amide bonds. The van der Waals surface area contributed by atoms with Crippen LogP contribution in [0.1, 0.15) is 11.4 Å².